The molecular weight excluding hydrogens is 320 g/mol. The van der Waals surface area contributed by atoms with Gasteiger partial charge in [-0.05, 0) is 18.6 Å². The molecule has 0 unspecified atom stereocenters. The second-order valence-corrected chi connectivity index (χ2v) is 7.88. The topological polar surface area (TPSA) is 75.2 Å². The van der Waals surface area contributed by atoms with E-state index in [1.165, 1.54) is 6.26 Å². The van der Waals surface area contributed by atoms with Gasteiger partial charge in [-0.1, -0.05) is 11.8 Å². The highest BCUT2D eigenvalue weighted by molar-refractivity contribution is 7.99. The van der Waals surface area contributed by atoms with Crippen LogP contribution in [0.4, 0.5) is 11.4 Å². The van der Waals surface area contributed by atoms with Crippen LogP contribution < -0.4 is 9.62 Å². The fraction of sp³-hybridized carbons (Fsp3) is 0.286. The number of rotatable bonds is 5. The second-order valence-electron chi connectivity index (χ2n) is 4.96. The highest BCUT2D eigenvalue weighted by Gasteiger charge is 2.23. The standard InChI is InChI=1S/C14H16N4O2S2/c1-22(19,20)17-5-2-8-18-11-3-6-16-10-14(11)21-13-4-7-15-9-12(13)18/h3-4,6-7,9-10,17H,2,5,8H2,1H3. The van der Waals surface area contributed by atoms with Crippen molar-refractivity contribution in [1.29, 1.82) is 0 Å². The maximum atomic E-state index is 11.1. The Morgan fingerprint density at radius 3 is 2.73 bits per heavy atom. The number of anilines is 2. The van der Waals surface area contributed by atoms with Crippen LogP contribution in [-0.4, -0.2) is 37.7 Å². The molecule has 1 N–H and O–H groups in total. The van der Waals surface area contributed by atoms with Crippen LogP contribution in [0, 0.1) is 0 Å². The number of nitrogens with zero attached hydrogens (tertiary/aromatic N) is 3. The predicted molar refractivity (Wildman–Crippen MR) is 87.1 cm³/mol. The minimum atomic E-state index is -3.14. The first-order valence-corrected chi connectivity index (χ1v) is 9.53. The Bertz CT molecular complexity index is 734. The summed E-state index contributed by atoms with van der Waals surface area (Å²) in [7, 11) is -3.14. The van der Waals surface area contributed by atoms with E-state index in [0.29, 0.717) is 19.5 Å². The molecule has 8 heteroatoms. The summed E-state index contributed by atoms with van der Waals surface area (Å²) in [4.78, 5) is 12.8. The third-order valence-electron chi connectivity index (χ3n) is 3.25. The second kappa shape index (κ2) is 6.23. The van der Waals surface area contributed by atoms with Crippen molar-refractivity contribution in [2.45, 2.75) is 16.2 Å². The minimum absolute atomic E-state index is 0.415. The Kier molecular flexibility index (Phi) is 4.32. The molecule has 2 aromatic heterocycles. The zero-order valence-electron chi connectivity index (χ0n) is 12.1. The summed E-state index contributed by atoms with van der Waals surface area (Å²) in [6, 6.07) is 3.96. The number of nitrogens with one attached hydrogen (secondary N) is 1. The van der Waals surface area contributed by atoms with E-state index in [2.05, 4.69) is 19.6 Å². The van der Waals surface area contributed by atoms with Crippen molar-refractivity contribution in [3.05, 3.63) is 36.9 Å². The number of hydrogen-bond donors (Lipinski definition) is 1. The van der Waals surface area contributed by atoms with Gasteiger partial charge in [0, 0.05) is 36.6 Å². The normalized spacial score (nSPS) is 13.6. The number of fused-ring (bicyclic) bond motifs is 2. The molecule has 0 saturated heterocycles. The monoisotopic (exact) mass is 336 g/mol. The number of hydrogen-bond acceptors (Lipinski definition) is 6. The summed E-state index contributed by atoms with van der Waals surface area (Å²) >= 11 is 1.67. The molecule has 2 aromatic rings. The summed E-state index contributed by atoms with van der Waals surface area (Å²) in [6.45, 7) is 1.12. The molecule has 22 heavy (non-hydrogen) atoms. The summed E-state index contributed by atoms with van der Waals surface area (Å²) in [5, 5.41) is 0. The molecule has 0 saturated carbocycles. The molecule has 0 radical (unpaired) electrons. The van der Waals surface area contributed by atoms with E-state index in [4.69, 9.17) is 0 Å². The first-order valence-electron chi connectivity index (χ1n) is 6.83. The highest BCUT2D eigenvalue weighted by atomic mass is 32.2. The van der Waals surface area contributed by atoms with Crippen LogP contribution in [0.25, 0.3) is 0 Å². The molecule has 6 nitrogen and oxygen atoms in total. The van der Waals surface area contributed by atoms with Gasteiger partial charge < -0.3 is 4.90 Å². The van der Waals surface area contributed by atoms with Gasteiger partial charge in [0.1, 0.15) is 0 Å². The van der Waals surface area contributed by atoms with E-state index in [0.717, 1.165) is 21.2 Å². The molecule has 0 aromatic carbocycles. The van der Waals surface area contributed by atoms with E-state index in [1.54, 1.807) is 24.2 Å². The fourth-order valence-electron chi connectivity index (χ4n) is 2.32. The lowest BCUT2D eigenvalue weighted by atomic mass is 10.2. The molecule has 0 bridgehead atoms. The van der Waals surface area contributed by atoms with Crippen LogP contribution in [0.15, 0.2) is 46.7 Å². The van der Waals surface area contributed by atoms with E-state index in [-0.39, 0.29) is 0 Å². The lowest BCUT2D eigenvalue weighted by Crippen LogP contribution is -2.28. The van der Waals surface area contributed by atoms with Crippen LogP contribution in [0.2, 0.25) is 0 Å². The molecule has 1 aliphatic rings. The third kappa shape index (κ3) is 3.40. The molecule has 0 fully saturated rings. The largest absolute Gasteiger partial charge is 0.338 e. The van der Waals surface area contributed by atoms with Crippen LogP contribution in [0.3, 0.4) is 0 Å². The Hall–Kier alpha value is -1.64. The van der Waals surface area contributed by atoms with Gasteiger partial charge >= 0.3 is 0 Å². The lowest BCUT2D eigenvalue weighted by Gasteiger charge is -2.32. The van der Waals surface area contributed by atoms with E-state index < -0.39 is 10.0 Å². The molecule has 0 atom stereocenters. The van der Waals surface area contributed by atoms with Crippen molar-refractivity contribution in [3.8, 4) is 0 Å². The average Bonchev–Trinajstić information content (AvgIpc) is 2.49. The quantitative estimate of drug-likeness (QED) is 0.842. The summed E-state index contributed by atoms with van der Waals surface area (Å²) < 4.78 is 24.8. The van der Waals surface area contributed by atoms with Gasteiger partial charge in [0.2, 0.25) is 10.0 Å². The smallest absolute Gasteiger partial charge is 0.208 e. The summed E-state index contributed by atoms with van der Waals surface area (Å²) in [5.41, 5.74) is 2.13. The zero-order chi connectivity index (χ0) is 15.6. The van der Waals surface area contributed by atoms with Crippen LogP contribution in [0.5, 0.6) is 0 Å². The first-order chi connectivity index (χ1) is 10.5. The Labute approximate surface area is 134 Å². The SMILES string of the molecule is CS(=O)(=O)NCCCN1c2ccncc2Sc2ccncc21. The Balaban J connectivity index is 1.81. The fourth-order valence-corrected chi connectivity index (χ4v) is 3.87. The van der Waals surface area contributed by atoms with Gasteiger partial charge in [0.05, 0.1) is 28.7 Å². The van der Waals surface area contributed by atoms with Crippen LogP contribution in [0.1, 0.15) is 6.42 Å². The summed E-state index contributed by atoms with van der Waals surface area (Å²) in [6.07, 6.45) is 9.11. The van der Waals surface area contributed by atoms with Gasteiger partial charge in [0.15, 0.2) is 0 Å². The molecule has 3 heterocycles. The average molecular weight is 336 g/mol. The van der Waals surface area contributed by atoms with Crippen molar-refractivity contribution >= 4 is 33.2 Å². The van der Waals surface area contributed by atoms with Crippen LogP contribution >= 0.6 is 11.8 Å². The summed E-state index contributed by atoms with van der Waals surface area (Å²) in [5.74, 6) is 0. The van der Waals surface area contributed by atoms with Crippen molar-refractivity contribution < 1.29 is 8.42 Å². The first kappa shape index (κ1) is 15.3. The number of pyridine rings is 2. The van der Waals surface area contributed by atoms with Crippen LogP contribution in [-0.2, 0) is 10.0 Å². The zero-order valence-corrected chi connectivity index (χ0v) is 13.7. The third-order valence-corrected chi connectivity index (χ3v) is 5.08. The molecule has 116 valence electrons. The molecule has 0 aliphatic carbocycles. The Morgan fingerprint density at radius 1 is 1.14 bits per heavy atom. The van der Waals surface area contributed by atoms with E-state index in [9.17, 15) is 8.42 Å². The van der Waals surface area contributed by atoms with Gasteiger partial charge in [-0.2, -0.15) is 0 Å². The van der Waals surface area contributed by atoms with Crippen molar-refractivity contribution in [1.82, 2.24) is 14.7 Å². The Morgan fingerprint density at radius 2 is 1.91 bits per heavy atom. The minimum Gasteiger partial charge on any atom is -0.338 e. The molecule has 1 aliphatic heterocycles. The van der Waals surface area contributed by atoms with Crippen molar-refractivity contribution in [2.24, 2.45) is 0 Å². The number of sulfonamides is 1. The van der Waals surface area contributed by atoms with E-state index >= 15 is 0 Å². The molecular formula is C14H16N4O2S2. The van der Waals surface area contributed by atoms with Gasteiger partial charge in [-0.25, -0.2) is 13.1 Å². The molecule has 3 rings (SSSR count). The van der Waals surface area contributed by atoms with Gasteiger partial charge in [-0.15, -0.1) is 0 Å². The number of aromatic nitrogens is 2. The molecule has 0 amide bonds. The lowest BCUT2D eigenvalue weighted by molar-refractivity contribution is 0.585. The van der Waals surface area contributed by atoms with Gasteiger partial charge in [0.25, 0.3) is 0 Å². The maximum Gasteiger partial charge on any atom is 0.208 e. The predicted octanol–water partition coefficient (Wildman–Crippen LogP) is 2.02. The maximum absolute atomic E-state index is 11.1. The van der Waals surface area contributed by atoms with E-state index in [1.807, 2.05) is 24.5 Å². The van der Waals surface area contributed by atoms with Gasteiger partial charge in [-0.3, -0.25) is 9.97 Å². The highest BCUT2D eigenvalue weighted by Crippen LogP contribution is 2.46. The molecule has 0 spiro atoms. The van der Waals surface area contributed by atoms with Crippen molar-refractivity contribution in [2.75, 3.05) is 24.2 Å². The van der Waals surface area contributed by atoms with Crippen molar-refractivity contribution in [3.63, 3.8) is 0 Å².